The van der Waals surface area contributed by atoms with E-state index in [1.165, 1.54) is 10.5 Å². The molecule has 1 aromatic carbocycles. The van der Waals surface area contributed by atoms with Gasteiger partial charge in [-0.25, -0.2) is 0 Å². The van der Waals surface area contributed by atoms with E-state index in [1.807, 2.05) is 6.07 Å². The molecule has 1 N–H and O–H groups in total. The predicted octanol–water partition coefficient (Wildman–Crippen LogP) is 1.15. The smallest absolute Gasteiger partial charge is 0.0848 e. The second-order valence-electron chi connectivity index (χ2n) is 3.67. The number of hydrogen-bond donors (Lipinski definition) is 1. The standard InChI is InChI=1S/C11H16ClN/c1-13(2)9-11(8-12)10-6-4-3-5-7-10/h3-7,11H,8-9H2,1-2H3/p+1/t11-/m0/s1. The van der Waals surface area contributed by atoms with Crippen LogP contribution in [0.2, 0.25) is 0 Å². The van der Waals surface area contributed by atoms with Crippen molar-refractivity contribution in [2.45, 2.75) is 5.92 Å². The van der Waals surface area contributed by atoms with Crippen LogP contribution in [0.25, 0.3) is 0 Å². The molecule has 0 aliphatic heterocycles. The summed E-state index contributed by atoms with van der Waals surface area (Å²) in [7, 11) is 4.31. The maximum absolute atomic E-state index is 5.93. The molecule has 0 aromatic heterocycles. The zero-order valence-corrected chi connectivity index (χ0v) is 9.01. The van der Waals surface area contributed by atoms with Crippen molar-refractivity contribution in [3.05, 3.63) is 35.9 Å². The Labute approximate surface area is 85.3 Å². The van der Waals surface area contributed by atoms with Crippen LogP contribution in [0.5, 0.6) is 0 Å². The van der Waals surface area contributed by atoms with E-state index in [0.717, 1.165) is 6.54 Å². The van der Waals surface area contributed by atoms with Crippen LogP contribution < -0.4 is 4.90 Å². The largest absolute Gasteiger partial charge is 0.339 e. The number of likely N-dealkylation sites (N-methyl/N-ethyl adjacent to an activating group) is 1. The lowest BCUT2D eigenvalue weighted by Gasteiger charge is -2.16. The molecule has 0 unspecified atom stereocenters. The minimum Gasteiger partial charge on any atom is -0.339 e. The molecule has 0 fully saturated rings. The van der Waals surface area contributed by atoms with E-state index < -0.39 is 0 Å². The van der Waals surface area contributed by atoms with Crippen LogP contribution in [0, 0.1) is 0 Å². The first-order valence-corrected chi connectivity index (χ1v) is 5.17. The molecule has 0 aliphatic carbocycles. The third kappa shape index (κ3) is 3.37. The molecule has 1 nitrogen and oxygen atoms in total. The average molecular weight is 199 g/mol. The Morgan fingerprint density at radius 1 is 1.23 bits per heavy atom. The molecule has 2 heteroatoms. The highest BCUT2D eigenvalue weighted by atomic mass is 35.5. The summed E-state index contributed by atoms with van der Waals surface area (Å²) in [5, 5.41) is 0. The molecule has 0 aliphatic rings. The van der Waals surface area contributed by atoms with Gasteiger partial charge >= 0.3 is 0 Å². The Bertz CT molecular complexity index is 233. The van der Waals surface area contributed by atoms with Crippen LogP contribution in [-0.4, -0.2) is 26.5 Å². The molecule has 0 saturated heterocycles. The molecule has 1 aromatic rings. The number of nitrogens with one attached hydrogen (secondary N) is 1. The van der Waals surface area contributed by atoms with Gasteiger partial charge in [-0.1, -0.05) is 30.3 Å². The molecule has 0 bridgehead atoms. The van der Waals surface area contributed by atoms with Gasteiger partial charge in [0.05, 0.1) is 20.6 Å². The van der Waals surface area contributed by atoms with Crippen LogP contribution in [0.15, 0.2) is 30.3 Å². The highest BCUT2D eigenvalue weighted by molar-refractivity contribution is 6.18. The molecule has 1 atom stereocenters. The van der Waals surface area contributed by atoms with E-state index in [4.69, 9.17) is 11.6 Å². The highest BCUT2D eigenvalue weighted by Gasteiger charge is 2.12. The first-order chi connectivity index (χ1) is 6.24. The maximum Gasteiger partial charge on any atom is 0.0848 e. The molecule has 0 spiro atoms. The van der Waals surface area contributed by atoms with Crippen molar-refractivity contribution in [2.24, 2.45) is 0 Å². The van der Waals surface area contributed by atoms with E-state index >= 15 is 0 Å². The number of rotatable bonds is 4. The van der Waals surface area contributed by atoms with E-state index in [-0.39, 0.29) is 0 Å². The average Bonchev–Trinajstić information content (AvgIpc) is 2.15. The van der Waals surface area contributed by atoms with Gasteiger partial charge in [0.1, 0.15) is 0 Å². The molecule has 0 saturated carbocycles. The number of quaternary nitrogens is 1. The van der Waals surface area contributed by atoms with Crippen molar-refractivity contribution in [3.63, 3.8) is 0 Å². The normalized spacial score (nSPS) is 13.2. The van der Waals surface area contributed by atoms with Crippen molar-refractivity contribution >= 4 is 11.6 Å². The van der Waals surface area contributed by atoms with Crippen molar-refractivity contribution in [2.75, 3.05) is 26.5 Å². The topological polar surface area (TPSA) is 4.44 Å². The Balaban J connectivity index is 2.67. The Kier molecular flexibility index (Phi) is 4.26. The Hall–Kier alpha value is -0.530. The number of halogens is 1. The molecular weight excluding hydrogens is 182 g/mol. The second-order valence-corrected chi connectivity index (χ2v) is 3.98. The van der Waals surface area contributed by atoms with Gasteiger partial charge in [-0.2, -0.15) is 0 Å². The van der Waals surface area contributed by atoms with Gasteiger partial charge in [-0.3, -0.25) is 0 Å². The molecule has 0 amide bonds. The fraction of sp³-hybridized carbons (Fsp3) is 0.455. The summed E-state index contributed by atoms with van der Waals surface area (Å²) in [4.78, 5) is 1.44. The summed E-state index contributed by atoms with van der Waals surface area (Å²) in [5.41, 5.74) is 1.35. The van der Waals surface area contributed by atoms with Crippen molar-refractivity contribution in [3.8, 4) is 0 Å². The van der Waals surface area contributed by atoms with E-state index in [0.29, 0.717) is 11.8 Å². The van der Waals surface area contributed by atoms with Gasteiger partial charge in [-0.15, -0.1) is 11.6 Å². The molecule has 72 valence electrons. The Morgan fingerprint density at radius 2 is 1.85 bits per heavy atom. The SMILES string of the molecule is C[NH+](C)C[C@H](CCl)c1ccccc1. The third-order valence-electron chi connectivity index (χ3n) is 2.11. The van der Waals surface area contributed by atoms with Gasteiger partial charge in [0.15, 0.2) is 0 Å². The third-order valence-corrected chi connectivity index (χ3v) is 2.48. The van der Waals surface area contributed by atoms with Crippen molar-refractivity contribution < 1.29 is 4.90 Å². The van der Waals surface area contributed by atoms with E-state index in [2.05, 4.69) is 38.4 Å². The first-order valence-electron chi connectivity index (χ1n) is 4.64. The van der Waals surface area contributed by atoms with Crippen LogP contribution in [-0.2, 0) is 0 Å². The maximum atomic E-state index is 5.93. The fourth-order valence-corrected chi connectivity index (χ4v) is 1.77. The molecule has 0 heterocycles. The van der Waals surface area contributed by atoms with Crippen LogP contribution in [0.1, 0.15) is 11.5 Å². The summed E-state index contributed by atoms with van der Waals surface area (Å²) < 4.78 is 0. The lowest BCUT2D eigenvalue weighted by Crippen LogP contribution is -3.06. The summed E-state index contributed by atoms with van der Waals surface area (Å²) in [6, 6.07) is 10.5. The summed E-state index contributed by atoms with van der Waals surface area (Å²) in [5.74, 6) is 1.18. The highest BCUT2D eigenvalue weighted by Crippen LogP contribution is 2.14. The quantitative estimate of drug-likeness (QED) is 0.693. The van der Waals surface area contributed by atoms with Gasteiger partial charge in [0.25, 0.3) is 0 Å². The van der Waals surface area contributed by atoms with Gasteiger partial charge in [-0.05, 0) is 5.56 Å². The zero-order valence-electron chi connectivity index (χ0n) is 8.26. The minimum absolute atomic E-state index is 0.480. The summed E-state index contributed by atoms with van der Waals surface area (Å²) in [6.45, 7) is 1.09. The van der Waals surface area contributed by atoms with Crippen LogP contribution in [0.3, 0.4) is 0 Å². The van der Waals surface area contributed by atoms with Crippen LogP contribution in [0.4, 0.5) is 0 Å². The Morgan fingerprint density at radius 3 is 2.31 bits per heavy atom. The van der Waals surface area contributed by atoms with Gasteiger partial charge in [0.2, 0.25) is 0 Å². The van der Waals surface area contributed by atoms with E-state index in [1.54, 1.807) is 0 Å². The fourth-order valence-electron chi connectivity index (χ4n) is 1.48. The van der Waals surface area contributed by atoms with Gasteiger partial charge in [0, 0.05) is 11.8 Å². The predicted molar refractivity (Wildman–Crippen MR) is 57.6 cm³/mol. The lowest BCUT2D eigenvalue weighted by atomic mass is 10.0. The monoisotopic (exact) mass is 198 g/mol. The van der Waals surface area contributed by atoms with Gasteiger partial charge < -0.3 is 4.90 Å². The van der Waals surface area contributed by atoms with Crippen molar-refractivity contribution in [1.82, 2.24) is 0 Å². The molecule has 0 radical (unpaired) electrons. The first kappa shape index (κ1) is 10.6. The molecule has 1 rings (SSSR count). The number of hydrogen-bond acceptors (Lipinski definition) is 0. The summed E-state index contributed by atoms with van der Waals surface area (Å²) in [6.07, 6.45) is 0. The number of benzene rings is 1. The second kappa shape index (κ2) is 5.25. The molecule has 13 heavy (non-hydrogen) atoms. The zero-order chi connectivity index (χ0) is 9.68. The van der Waals surface area contributed by atoms with E-state index in [9.17, 15) is 0 Å². The lowest BCUT2D eigenvalue weighted by molar-refractivity contribution is -0.859. The molecular formula is C11H17ClN+. The summed E-state index contributed by atoms with van der Waals surface area (Å²) >= 11 is 5.93. The van der Waals surface area contributed by atoms with Crippen LogP contribution >= 0.6 is 11.6 Å². The minimum atomic E-state index is 0.480. The van der Waals surface area contributed by atoms with Crippen molar-refractivity contribution in [1.29, 1.82) is 0 Å². The number of alkyl halides is 1.